The molecule has 4 nitrogen and oxygen atoms in total. The molecule has 0 amide bonds. The first-order valence-electron chi connectivity index (χ1n) is 7.84. The number of aryl methyl sites for hydroxylation is 1. The number of hydrogen-bond donors (Lipinski definition) is 1. The maximum absolute atomic E-state index is 10.6. The molecule has 0 aliphatic carbocycles. The van der Waals surface area contributed by atoms with Gasteiger partial charge in [0.2, 0.25) is 0 Å². The van der Waals surface area contributed by atoms with Crippen molar-refractivity contribution in [3.8, 4) is 0 Å². The van der Waals surface area contributed by atoms with Gasteiger partial charge in [-0.25, -0.2) is 4.79 Å². The predicted octanol–water partition coefficient (Wildman–Crippen LogP) is 3.80. The van der Waals surface area contributed by atoms with Crippen LogP contribution < -0.4 is 4.90 Å². The van der Waals surface area contributed by atoms with Gasteiger partial charge in [0.1, 0.15) is 6.61 Å². The van der Waals surface area contributed by atoms with Crippen LogP contribution in [0, 0.1) is 6.92 Å². The van der Waals surface area contributed by atoms with Gasteiger partial charge in [-0.1, -0.05) is 30.3 Å². The number of anilines is 2. The Morgan fingerprint density at radius 2 is 1.87 bits per heavy atom. The number of benzene rings is 2. The van der Waals surface area contributed by atoms with Crippen LogP contribution in [0.3, 0.4) is 0 Å². The Bertz CT molecular complexity index is 640. The molecule has 0 aliphatic heterocycles. The molecule has 0 spiro atoms. The van der Waals surface area contributed by atoms with E-state index in [-0.39, 0.29) is 6.61 Å². The number of aliphatic carboxylic acids is 1. The highest BCUT2D eigenvalue weighted by Crippen LogP contribution is 2.30. The van der Waals surface area contributed by atoms with E-state index in [0.717, 1.165) is 17.9 Å². The third kappa shape index (κ3) is 4.57. The number of rotatable bonds is 8. The molecule has 0 aromatic heterocycles. The molecule has 0 aliphatic rings. The smallest absolute Gasteiger partial charge is 0.329 e. The second kappa shape index (κ2) is 8.34. The van der Waals surface area contributed by atoms with E-state index in [9.17, 15) is 4.79 Å². The van der Waals surface area contributed by atoms with Crippen molar-refractivity contribution in [2.75, 3.05) is 24.7 Å². The zero-order valence-electron chi connectivity index (χ0n) is 13.7. The van der Waals surface area contributed by atoms with E-state index < -0.39 is 5.97 Å². The van der Waals surface area contributed by atoms with Gasteiger partial charge in [-0.3, -0.25) is 0 Å². The Morgan fingerprint density at radius 3 is 2.52 bits per heavy atom. The van der Waals surface area contributed by atoms with E-state index in [1.165, 1.54) is 11.1 Å². The summed E-state index contributed by atoms with van der Waals surface area (Å²) < 4.78 is 5.21. The molecule has 0 bridgehead atoms. The minimum Gasteiger partial charge on any atom is -0.480 e. The highest BCUT2D eigenvalue weighted by atomic mass is 16.5. The second-order valence-electron chi connectivity index (χ2n) is 5.35. The summed E-state index contributed by atoms with van der Waals surface area (Å²) in [6, 6.07) is 16.5. The van der Waals surface area contributed by atoms with E-state index in [4.69, 9.17) is 9.84 Å². The van der Waals surface area contributed by atoms with Crippen molar-refractivity contribution in [1.29, 1.82) is 0 Å². The van der Waals surface area contributed by atoms with Crippen molar-refractivity contribution in [3.05, 3.63) is 59.7 Å². The summed E-state index contributed by atoms with van der Waals surface area (Å²) in [6.45, 7) is 5.21. The molecule has 2 rings (SSSR count). The lowest BCUT2D eigenvalue weighted by atomic mass is 10.0. The number of carboxylic acid groups (broad SMARTS) is 1. The van der Waals surface area contributed by atoms with E-state index >= 15 is 0 Å². The first-order chi connectivity index (χ1) is 11.1. The minimum absolute atomic E-state index is 0.253. The van der Waals surface area contributed by atoms with Crippen LogP contribution in [0.2, 0.25) is 0 Å². The van der Waals surface area contributed by atoms with Gasteiger partial charge in [-0.15, -0.1) is 0 Å². The second-order valence-corrected chi connectivity index (χ2v) is 5.35. The van der Waals surface area contributed by atoms with Gasteiger partial charge in [0.25, 0.3) is 0 Å². The van der Waals surface area contributed by atoms with Gasteiger partial charge in [0, 0.05) is 17.9 Å². The largest absolute Gasteiger partial charge is 0.480 e. The van der Waals surface area contributed by atoms with Gasteiger partial charge in [-0.2, -0.15) is 0 Å². The highest BCUT2D eigenvalue weighted by molar-refractivity contribution is 5.68. The van der Waals surface area contributed by atoms with E-state index in [0.29, 0.717) is 13.0 Å². The van der Waals surface area contributed by atoms with Gasteiger partial charge < -0.3 is 14.7 Å². The summed E-state index contributed by atoms with van der Waals surface area (Å²) in [5.74, 6) is -0.936. The Labute approximate surface area is 137 Å². The highest BCUT2D eigenvalue weighted by Gasteiger charge is 2.13. The van der Waals surface area contributed by atoms with Crippen LogP contribution in [0.25, 0.3) is 0 Å². The quantitative estimate of drug-likeness (QED) is 0.753. The minimum atomic E-state index is -0.936. The van der Waals surface area contributed by atoms with E-state index in [1.54, 1.807) is 0 Å². The van der Waals surface area contributed by atoms with Crippen LogP contribution in [0.5, 0.6) is 0 Å². The molecule has 0 saturated carbocycles. The standard InChI is InChI=1S/C19H23NO3/c1-3-20(16-9-5-4-6-10-16)18-11-7-8-15(2)17(18)12-13-23-14-19(21)22/h4-11H,3,12-14H2,1-2H3,(H,21,22). The Morgan fingerprint density at radius 1 is 1.13 bits per heavy atom. The molecule has 122 valence electrons. The molecular formula is C19H23NO3. The van der Waals surface area contributed by atoms with Crippen LogP contribution in [0.1, 0.15) is 18.1 Å². The third-order valence-electron chi connectivity index (χ3n) is 3.78. The Kier molecular flexibility index (Phi) is 6.18. The molecular weight excluding hydrogens is 290 g/mol. The zero-order valence-corrected chi connectivity index (χ0v) is 13.7. The molecule has 4 heteroatoms. The fourth-order valence-corrected chi connectivity index (χ4v) is 2.70. The van der Waals surface area contributed by atoms with Crippen molar-refractivity contribution in [1.82, 2.24) is 0 Å². The molecule has 0 saturated heterocycles. The summed E-state index contributed by atoms with van der Waals surface area (Å²) >= 11 is 0. The molecule has 2 aromatic carbocycles. The Hall–Kier alpha value is -2.33. The lowest BCUT2D eigenvalue weighted by Gasteiger charge is -2.27. The van der Waals surface area contributed by atoms with E-state index in [2.05, 4.69) is 49.1 Å². The molecule has 0 heterocycles. The molecule has 0 radical (unpaired) electrons. The summed E-state index contributed by atoms with van der Waals surface area (Å²) in [6.07, 6.45) is 0.693. The van der Waals surface area contributed by atoms with Gasteiger partial charge in [0.05, 0.1) is 6.61 Å². The summed E-state index contributed by atoms with van der Waals surface area (Å²) in [7, 11) is 0. The van der Waals surface area contributed by atoms with Crippen LogP contribution in [-0.4, -0.2) is 30.8 Å². The number of para-hydroxylation sites is 1. The zero-order chi connectivity index (χ0) is 16.7. The number of hydrogen-bond acceptors (Lipinski definition) is 3. The van der Waals surface area contributed by atoms with Crippen LogP contribution in [0.4, 0.5) is 11.4 Å². The summed E-state index contributed by atoms with van der Waals surface area (Å²) in [5.41, 5.74) is 4.69. The van der Waals surface area contributed by atoms with Gasteiger partial charge in [0.15, 0.2) is 0 Å². The molecule has 0 fully saturated rings. The van der Waals surface area contributed by atoms with Crippen LogP contribution in [0.15, 0.2) is 48.5 Å². The van der Waals surface area contributed by atoms with Crippen molar-refractivity contribution < 1.29 is 14.6 Å². The first-order valence-corrected chi connectivity index (χ1v) is 7.84. The van der Waals surface area contributed by atoms with Crippen molar-refractivity contribution in [2.24, 2.45) is 0 Å². The van der Waals surface area contributed by atoms with Gasteiger partial charge in [-0.05, 0) is 49.6 Å². The van der Waals surface area contributed by atoms with Gasteiger partial charge >= 0.3 is 5.97 Å². The topological polar surface area (TPSA) is 49.8 Å². The average Bonchev–Trinajstić information content (AvgIpc) is 2.55. The fraction of sp³-hybridized carbons (Fsp3) is 0.316. The maximum atomic E-state index is 10.6. The number of carboxylic acids is 1. The monoisotopic (exact) mass is 313 g/mol. The SMILES string of the molecule is CCN(c1ccccc1)c1cccc(C)c1CCOCC(=O)O. The first kappa shape index (κ1) is 17.0. The lowest BCUT2D eigenvalue weighted by Crippen LogP contribution is -2.19. The maximum Gasteiger partial charge on any atom is 0.329 e. The predicted molar refractivity (Wildman–Crippen MR) is 92.5 cm³/mol. The number of nitrogens with zero attached hydrogens (tertiary/aromatic N) is 1. The summed E-state index contributed by atoms with van der Waals surface area (Å²) in [4.78, 5) is 12.8. The molecule has 0 atom stereocenters. The number of carbonyl (C=O) groups is 1. The van der Waals surface area contributed by atoms with Crippen molar-refractivity contribution in [2.45, 2.75) is 20.3 Å². The third-order valence-corrected chi connectivity index (χ3v) is 3.78. The Balaban J connectivity index is 2.23. The van der Waals surface area contributed by atoms with Crippen molar-refractivity contribution >= 4 is 17.3 Å². The molecule has 1 N–H and O–H groups in total. The molecule has 0 unspecified atom stereocenters. The van der Waals surface area contributed by atoms with E-state index in [1.807, 2.05) is 18.2 Å². The summed E-state index contributed by atoms with van der Waals surface area (Å²) in [5, 5.41) is 8.66. The van der Waals surface area contributed by atoms with Crippen LogP contribution >= 0.6 is 0 Å². The molecule has 2 aromatic rings. The molecule has 23 heavy (non-hydrogen) atoms. The van der Waals surface area contributed by atoms with Crippen LogP contribution in [-0.2, 0) is 16.0 Å². The average molecular weight is 313 g/mol. The van der Waals surface area contributed by atoms with Crippen molar-refractivity contribution in [3.63, 3.8) is 0 Å². The normalized spacial score (nSPS) is 10.5. The fourth-order valence-electron chi connectivity index (χ4n) is 2.70. The lowest BCUT2D eigenvalue weighted by molar-refractivity contribution is -0.142. The number of ether oxygens (including phenoxy) is 1.